The first kappa shape index (κ1) is 14.8. The number of nitrogens with two attached hydrogens (primary N) is 1. The van der Waals surface area contributed by atoms with Crippen molar-refractivity contribution in [1.82, 2.24) is 4.90 Å². The minimum Gasteiger partial charge on any atom is -0.374 e. The normalized spacial score (nSPS) is 22.4. The van der Waals surface area contributed by atoms with E-state index in [1.54, 1.807) is 0 Å². The minimum absolute atomic E-state index is 0.0424. The molecule has 3 nitrogen and oxygen atoms in total. The first-order valence-electron chi connectivity index (χ1n) is 7.03. The second-order valence-electron chi connectivity index (χ2n) is 5.20. The van der Waals surface area contributed by atoms with Crippen molar-refractivity contribution in [3.05, 3.63) is 34.9 Å². The average Bonchev–Trinajstić information content (AvgIpc) is 2.42. The summed E-state index contributed by atoms with van der Waals surface area (Å²) in [7, 11) is 0. The molecule has 0 radical (unpaired) electrons. The average molecular weight is 283 g/mol. The summed E-state index contributed by atoms with van der Waals surface area (Å²) in [4.78, 5) is 2.44. The second kappa shape index (κ2) is 7.25. The van der Waals surface area contributed by atoms with Crippen LogP contribution in [0.2, 0.25) is 5.02 Å². The highest BCUT2D eigenvalue weighted by molar-refractivity contribution is 6.30. The van der Waals surface area contributed by atoms with Crippen LogP contribution < -0.4 is 5.73 Å². The molecule has 19 heavy (non-hydrogen) atoms. The molecule has 1 aromatic rings. The second-order valence-corrected chi connectivity index (χ2v) is 5.64. The summed E-state index contributed by atoms with van der Waals surface area (Å²) in [5, 5.41) is 0.764. The predicted molar refractivity (Wildman–Crippen MR) is 79.6 cm³/mol. The summed E-state index contributed by atoms with van der Waals surface area (Å²) in [5.41, 5.74) is 7.51. The Hall–Kier alpha value is -0.610. The summed E-state index contributed by atoms with van der Waals surface area (Å²) < 4.78 is 5.82. The van der Waals surface area contributed by atoms with Gasteiger partial charge in [-0.1, -0.05) is 30.7 Å². The van der Waals surface area contributed by atoms with E-state index in [1.165, 1.54) is 12.0 Å². The van der Waals surface area contributed by atoms with Gasteiger partial charge in [-0.05, 0) is 37.1 Å². The van der Waals surface area contributed by atoms with E-state index < -0.39 is 0 Å². The van der Waals surface area contributed by atoms with Crippen LogP contribution in [0.1, 0.15) is 18.9 Å². The Balaban J connectivity index is 1.88. The van der Waals surface area contributed by atoms with E-state index >= 15 is 0 Å². The van der Waals surface area contributed by atoms with Crippen LogP contribution in [0.25, 0.3) is 0 Å². The van der Waals surface area contributed by atoms with Gasteiger partial charge >= 0.3 is 0 Å². The van der Waals surface area contributed by atoms with Crippen LogP contribution in [0, 0.1) is 0 Å². The molecule has 0 aromatic heterocycles. The smallest absolute Gasteiger partial charge is 0.0856 e. The van der Waals surface area contributed by atoms with Gasteiger partial charge in [-0.15, -0.1) is 0 Å². The van der Waals surface area contributed by atoms with Gasteiger partial charge in [0.15, 0.2) is 0 Å². The molecule has 1 heterocycles. The number of hydrogen-bond acceptors (Lipinski definition) is 3. The molecule has 2 atom stereocenters. The summed E-state index contributed by atoms with van der Waals surface area (Å²) in [6, 6.07) is 7.94. The first-order chi connectivity index (χ1) is 9.19. The number of hydrogen-bond donors (Lipinski definition) is 1. The quantitative estimate of drug-likeness (QED) is 0.901. The van der Waals surface area contributed by atoms with Crippen LogP contribution in [-0.4, -0.2) is 43.3 Å². The van der Waals surface area contributed by atoms with Crippen LogP contribution in [0.3, 0.4) is 0 Å². The molecule has 2 rings (SSSR count). The summed E-state index contributed by atoms with van der Waals surface area (Å²) in [5.74, 6) is 0. The molecule has 1 aromatic carbocycles. The van der Waals surface area contributed by atoms with Gasteiger partial charge in [-0.2, -0.15) is 0 Å². The van der Waals surface area contributed by atoms with Crippen molar-refractivity contribution >= 4 is 11.6 Å². The predicted octanol–water partition coefficient (Wildman–Crippen LogP) is 2.32. The fourth-order valence-electron chi connectivity index (χ4n) is 2.53. The third kappa shape index (κ3) is 4.46. The molecule has 4 heteroatoms. The van der Waals surface area contributed by atoms with Crippen molar-refractivity contribution in [2.75, 3.05) is 26.2 Å². The van der Waals surface area contributed by atoms with Crippen LogP contribution in [0.4, 0.5) is 0 Å². The van der Waals surface area contributed by atoms with Gasteiger partial charge in [-0.3, -0.25) is 4.90 Å². The van der Waals surface area contributed by atoms with E-state index in [0.717, 1.165) is 37.7 Å². The van der Waals surface area contributed by atoms with Crippen LogP contribution in [0.5, 0.6) is 0 Å². The zero-order chi connectivity index (χ0) is 13.7. The fourth-order valence-corrected chi connectivity index (χ4v) is 2.66. The Morgan fingerprint density at radius 3 is 2.84 bits per heavy atom. The lowest BCUT2D eigenvalue weighted by molar-refractivity contribution is -0.0400. The lowest BCUT2D eigenvalue weighted by Gasteiger charge is -2.35. The zero-order valence-electron chi connectivity index (χ0n) is 11.5. The highest BCUT2D eigenvalue weighted by atomic mass is 35.5. The van der Waals surface area contributed by atoms with Gasteiger partial charge in [0.25, 0.3) is 0 Å². The van der Waals surface area contributed by atoms with Gasteiger partial charge in [-0.25, -0.2) is 0 Å². The zero-order valence-corrected chi connectivity index (χ0v) is 12.3. The van der Waals surface area contributed by atoms with Crippen molar-refractivity contribution in [1.29, 1.82) is 0 Å². The maximum absolute atomic E-state index is 6.29. The molecule has 106 valence electrons. The van der Waals surface area contributed by atoms with E-state index in [9.17, 15) is 0 Å². The minimum atomic E-state index is 0.0424. The number of nitrogens with zero attached hydrogens (tertiary/aromatic N) is 1. The summed E-state index contributed by atoms with van der Waals surface area (Å²) >= 11 is 5.89. The van der Waals surface area contributed by atoms with Crippen LogP contribution in [0.15, 0.2) is 24.3 Å². The monoisotopic (exact) mass is 282 g/mol. The third-order valence-corrected chi connectivity index (χ3v) is 3.83. The van der Waals surface area contributed by atoms with E-state index in [0.29, 0.717) is 0 Å². The van der Waals surface area contributed by atoms with E-state index in [2.05, 4.69) is 11.8 Å². The van der Waals surface area contributed by atoms with Crippen molar-refractivity contribution in [2.45, 2.75) is 31.9 Å². The van der Waals surface area contributed by atoms with E-state index in [-0.39, 0.29) is 12.1 Å². The van der Waals surface area contributed by atoms with Crippen molar-refractivity contribution in [2.24, 2.45) is 5.73 Å². The lowest BCUT2D eigenvalue weighted by atomic mass is 10.0. The number of benzene rings is 1. The molecule has 0 aliphatic carbocycles. The first-order valence-corrected chi connectivity index (χ1v) is 7.41. The molecule has 1 fully saturated rings. The SMILES string of the molecule is CCCN1CCOC(C(N)Cc2ccc(Cl)cc2)C1. The summed E-state index contributed by atoms with van der Waals surface area (Å²) in [6.45, 7) is 6.10. The third-order valence-electron chi connectivity index (χ3n) is 3.58. The Labute approximate surface area is 120 Å². The van der Waals surface area contributed by atoms with Crippen LogP contribution >= 0.6 is 11.6 Å². The highest BCUT2D eigenvalue weighted by Gasteiger charge is 2.25. The molecule has 2 N–H and O–H groups in total. The largest absolute Gasteiger partial charge is 0.374 e. The standard InChI is InChI=1S/C15H23ClN2O/c1-2-7-18-8-9-19-15(11-18)14(17)10-12-3-5-13(16)6-4-12/h3-6,14-15H,2,7-11,17H2,1H3. The van der Waals surface area contributed by atoms with Gasteiger partial charge in [0.05, 0.1) is 12.7 Å². The van der Waals surface area contributed by atoms with Gasteiger partial charge < -0.3 is 10.5 Å². The van der Waals surface area contributed by atoms with E-state index in [1.807, 2.05) is 24.3 Å². The molecule has 1 saturated heterocycles. The topological polar surface area (TPSA) is 38.5 Å². The van der Waals surface area contributed by atoms with Gasteiger partial charge in [0.1, 0.15) is 0 Å². The molecule has 0 amide bonds. The Kier molecular flexibility index (Phi) is 5.64. The molecule has 0 spiro atoms. The molecule has 1 aliphatic rings. The number of rotatable bonds is 5. The highest BCUT2D eigenvalue weighted by Crippen LogP contribution is 2.14. The molecule has 0 bridgehead atoms. The van der Waals surface area contributed by atoms with Crippen molar-refractivity contribution in [3.8, 4) is 0 Å². The molecular formula is C15H23ClN2O. The Morgan fingerprint density at radius 2 is 2.16 bits per heavy atom. The molecular weight excluding hydrogens is 260 g/mol. The number of ether oxygens (including phenoxy) is 1. The van der Waals surface area contributed by atoms with Crippen molar-refractivity contribution in [3.63, 3.8) is 0 Å². The van der Waals surface area contributed by atoms with Gasteiger partial charge in [0, 0.05) is 24.2 Å². The van der Waals surface area contributed by atoms with Gasteiger partial charge in [0.2, 0.25) is 0 Å². The van der Waals surface area contributed by atoms with E-state index in [4.69, 9.17) is 22.1 Å². The number of morpholine rings is 1. The molecule has 0 saturated carbocycles. The maximum Gasteiger partial charge on any atom is 0.0856 e. The maximum atomic E-state index is 6.29. The fraction of sp³-hybridized carbons (Fsp3) is 0.600. The molecule has 1 aliphatic heterocycles. The Bertz CT molecular complexity index is 380. The van der Waals surface area contributed by atoms with Crippen LogP contribution in [-0.2, 0) is 11.2 Å². The van der Waals surface area contributed by atoms with Crippen molar-refractivity contribution < 1.29 is 4.74 Å². The summed E-state index contributed by atoms with van der Waals surface area (Å²) in [6.07, 6.45) is 2.15. The lowest BCUT2D eigenvalue weighted by Crippen LogP contribution is -2.51. The Morgan fingerprint density at radius 1 is 1.42 bits per heavy atom. The number of halogens is 1. The molecule has 2 unspecified atom stereocenters.